The summed E-state index contributed by atoms with van der Waals surface area (Å²) in [6.07, 6.45) is 10.4. The molecule has 0 bridgehead atoms. The number of fused-ring (bicyclic) bond motifs is 9. The van der Waals surface area contributed by atoms with E-state index in [-0.39, 0.29) is 6.04 Å². The summed E-state index contributed by atoms with van der Waals surface area (Å²) in [5.41, 5.74) is 15.8. The SMILES string of the molecule is C1=CC2=NC=C(c3ccc4c5c6ccc(P(c7ccccc7)c7ccccc7)cc6n(-c6ccccc6)c5n(-c5cccc6c5-c5ccccc5C6(c5ccccc5)c5ccccc5)c4c3)NC2C=C1. The van der Waals surface area contributed by atoms with Crippen LogP contribution in [0.5, 0.6) is 0 Å². The molecule has 0 spiro atoms. The number of aromatic nitrogens is 2. The Labute approximate surface area is 408 Å². The number of para-hydroxylation sites is 1. The van der Waals surface area contributed by atoms with Crippen molar-refractivity contribution in [2.75, 3.05) is 0 Å². The highest BCUT2D eigenvalue weighted by Crippen LogP contribution is 2.58. The molecule has 1 N–H and O–H groups in total. The molecule has 0 radical (unpaired) electrons. The standard InChI is InChI=1S/C65H45N4P/c1-6-21-45(22-7-1)65(46-23-8-2-9-24-46)54-32-17-16-31-51(54)63-55(65)33-20-36-59(63)69-60-41-44(58-43-66-56-34-18-19-35-57(56)67-58)37-39-52(60)62-53-40-38-50(42-61(53)68(64(62)69)47-25-10-3-11-26-47)70(48-27-12-4-13-28-48)49-29-14-5-15-30-49/h1-43,57,67H. The van der Waals surface area contributed by atoms with Gasteiger partial charge in [0.2, 0.25) is 0 Å². The average molecular weight is 913 g/mol. The first-order valence-corrected chi connectivity index (χ1v) is 25.4. The fraction of sp³-hybridized carbons (Fsp3) is 0.0308. The van der Waals surface area contributed by atoms with E-state index in [1.807, 2.05) is 6.20 Å². The third kappa shape index (κ3) is 6.10. The van der Waals surface area contributed by atoms with Gasteiger partial charge in [-0.25, -0.2) is 0 Å². The highest BCUT2D eigenvalue weighted by molar-refractivity contribution is 7.79. The van der Waals surface area contributed by atoms with Crippen LogP contribution in [0.3, 0.4) is 0 Å². The van der Waals surface area contributed by atoms with Crippen molar-refractivity contribution < 1.29 is 0 Å². The topological polar surface area (TPSA) is 34.2 Å². The van der Waals surface area contributed by atoms with Gasteiger partial charge in [0.1, 0.15) is 5.65 Å². The van der Waals surface area contributed by atoms with Crippen molar-refractivity contribution in [3.8, 4) is 22.5 Å². The molecule has 14 rings (SSSR count). The van der Waals surface area contributed by atoms with Gasteiger partial charge in [-0.2, -0.15) is 0 Å². The number of hydrogen-bond donors (Lipinski definition) is 1. The molecule has 1 unspecified atom stereocenters. The number of rotatable bonds is 8. The number of nitrogens with one attached hydrogen (secondary N) is 1. The molecular formula is C65H45N4P. The van der Waals surface area contributed by atoms with Gasteiger partial charge in [0, 0.05) is 33.0 Å². The van der Waals surface area contributed by atoms with E-state index in [1.54, 1.807) is 0 Å². The lowest BCUT2D eigenvalue weighted by Crippen LogP contribution is -2.36. The van der Waals surface area contributed by atoms with E-state index in [2.05, 4.69) is 269 Å². The number of hydrogen-bond acceptors (Lipinski definition) is 2. The van der Waals surface area contributed by atoms with Crippen LogP contribution in [0.4, 0.5) is 0 Å². The van der Waals surface area contributed by atoms with Crippen LogP contribution in [0.25, 0.3) is 61.0 Å². The van der Waals surface area contributed by atoms with Gasteiger partial charge in [0.25, 0.3) is 0 Å². The summed E-state index contributed by atoms with van der Waals surface area (Å²) in [5.74, 6) is 0. The minimum absolute atomic E-state index is 0.0161. The molecule has 3 aliphatic rings. The number of aliphatic imine (C=N–C) groups is 1. The number of allylic oxidation sites excluding steroid dienone is 2. The third-order valence-electron chi connectivity index (χ3n) is 14.6. The monoisotopic (exact) mass is 912 g/mol. The van der Waals surface area contributed by atoms with Crippen molar-refractivity contribution in [1.29, 1.82) is 0 Å². The number of nitrogens with zero attached hydrogens (tertiary/aromatic N) is 3. The Morgan fingerprint density at radius 1 is 0.500 bits per heavy atom. The van der Waals surface area contributed by atoms with E-state index in [4.69, 9.17) is 4.99 Å². The zero-order valence-corrected chi connectivity index (χ0v) is 39.1. The van der Waals surface area contributed by atoms with Crippen LogP contribution >= 0.6 is 7.92 Å². The van der Waals surface area contributed by atoms with Crippen LogP contribution < -0.4 is 21.2 Å². The minimum Gasteiger partial charge on any atom is -0.372 e. The quantitative estimate of drug-likeness (QED) is 0.151. The van der Waals surface area contributed by atoms with Gasteiger partial charge in [-0.3, -0.25) is 14.1 Å². The molecule has 3 heterocycles. The van der Waals surface area contributed by atoms with Gasteiger partial charge in [-0.1, -0.05) is 218 Å². The smallest absolute Gasteiger partial charge is 0.131 e. The maximum atomic E-state index is 4.95. The van der Waals surface area contributed by atoms with Crippen molar-refractivity contribution in [1.82, 2.24) is 14.5 Å². The van der Waals surface area contributed by atoms with Gasteiger partial charge < -0.3 is 5.32 Å². The second-order valence-electron chi connectivity index (χ2n) is 18.3. The molecule has 0 fully saturated rings. The van der Waals surface area contributed by atoms with E-state index < -0.39 is 13.3 Å². The molecule has 0 amide bonds. The van der Waals surface area contributed by atoms with Crippen LogP contribution in [0.2, 0.25) is 0 Å². The van der Waals surface area contributed by atoms with Crippen LogP contribution in [-0.2, 0) is 5.41 Å². The molecule has 1 atom stereocenters. The van der Waals surface area contributed by atoms with Gasteiger partial charge in [0.05, 0.1) is 45.8 Å². The van der Waals surface area contributed by atoms with E-state index in [0.29, 0.717) is 0 Å². The predicted octanol–water partition coefficient (Wildman–Crippen LogP) is 13.7. The molecule has 11 aromatic rings. The lowest BCUT2D eigenvalue weighted by molar-refractivity contribution is 0.768. The fourth-order valence-corrected chi connectivity index (χ4v) is 14.0. The molecule has 0 saturated heterocycles. The van der Waals surface area contributed by atoms with Crippen LogP contribution in [0.15, 0.2) is 266 Å². The molecule has 70 heavy (non-hydrogen) atoms. The molecule has 9 aromatic carbocycles. The molecule has 5 heteroatoms. The predicted molar refractivity (Wildman–Crippen MR) is 294 cm³/mol. The summed E-state index contributed by atoms with van der Waals surface area (Å²) in [6.45, 7) is 0. The lowest BCUT2D eigenvalue weighted by atomic mass is 9.68. The van der Waals surface area contributed by atoms with Gasteiger partial charge in [-0.15, -0.1) is 0 Å². The summed E-state index contributed by atoms with van der Waals surface area (Å²) < 4.78 is 5.12. The Morgan fingerprint density at radius 3 is 1.80 bits per heavy atom. The van der Waals surface area contributed by atoms with Crippen molar-refractivity contribution in [2.45, 2.75) is 11.5 Å². The van der Waals surface area contributed by atoms with E-state index >= 15 is 0 Å². The Bertz CT molecular complexity index is 3880. The summed E-state index contributed by atoms with van der Waals surface area (Å²) in [4.78, 5) is 4.95. The number of benzene rings is 9. The van der Waals surface area contributed by atoms with Crippen LogP contribution in [-0.4, -0.2) is 20.9 Å². The maximum Gasteiger partial charge on any atom is 0.131 e. The minimum atomic E-state index is -0.860. The van der Waals surface area contributed by atoms with E-state index in [0.717, 1.165) is 39.5 Å². The molecule has 1 aliphatic heterocycles. The average Bonchev–Trinajstić information content (AvgIpc) is 4.06. The summed E-state index contributed by atoms with van der Waals surface area (Å²) >= 11 is 0. The van der Waals surface area contributed by atoms with E-state index in [1.165, 1.54) is 71.0 Å². The summed E-state index contributed by atoms with van der Waals surface area (Å²) in [6, 6.07) is 85.7. The first-order chi connectivity index (χ1) is 34.8. The third-order valence-corrected chi connectivity index (χ3v) is 17.0. The normalized spacial score (nSPS) is 15.4. The van der Waals surface area contributed by atoms with Gasteiger partial charge in [0.15, 0.2) is 0 Å². The highest BCUT2D eigenvalue weighted by atomic mass is 31.1. The second-order valence-corrected chi connectivity index (χ2v) is 20.6. The molecule has 4 nitrogen and oxygen atoms in total. The van der Waals surface area contributed by atoms with Gasteiger partial charge in [-0.05, 0) is 88.1 Å². The first-order valence-electron chi connectivity index (χ1n) is 24.1. The first kappa shape index (κ1) is 40.5. The summed E-state index contributed by atoms with van der Waals surface area (Å²) in [7, 11) is -0.860. The highest BCUT2D eigenvalue weighted by Gasteiger charge is 2.47. The Hall–Kier alpha value is -8.56. The molecule has 330 valence electrons. The molecule has 2 aliphatic carbocycles. The zero-order chi connectivity index (χ0) is 46.2. The molecule has 0 saturated carbocycles. The van der Waals surface area contributed by atoms with Crippen LogP contribution in [0, 0.1) is 0 Å². The second kappa shape index (κ2) is 16.3. The van der Waals surface area contributed by atoms with Crippen molar-refractivity contribution >= 4 is 68.1 Å². The Morgan fingerprint density at radius 2 is 1.10 bits per heavy atom. The maximum absolute atomic E-state index is 4.95. The Kier molecular flexibility index (Phi) is 9.43. The molecule has 2 aromatic heterocycles. The zero-order valence-electron chi connectivity index (χ0n) is 38.2. The summed E-state index contributed by atoms with van der Waals surface area (Å²) in [5, 5.41) is 11.4. The van der Waals surface area contributed by atoms with Crippen molar-refractivity contribution in [2.24, 2.45) is 4.99 Å². The van der Waals surface area contributed by atoms with Gasteiger partial charge >= 0.3 is 0 Å². The van der Waals surface area contributed by atoms with Crippen molar-refractivity contribution in [3.05, 3.63) is 289 Å². The lowest BCUT2D eigenvalue weighted by Gasteiger charge is -2.34. The van der Waals surface area contributed by atoms with Crippen LogP contribution in [0.1, 0.15) is 27.8 Å². The molecular weight excluding hydrogens is 868 g/mol. The van der Waals surface area contributed by atoms with Crippen molar-refractivity contribution in [3.63, 3.8) is 0 Å². The fourth-order valence-electron chi connectivity index (χ4n) is 11.7. The Balaban J connectivity index is 1.12. The largest absolute Gasteiger partial charge is 0.372 e. The van der Waals surface area contributed by atoms with E-state index in [9.17, 15) is 0 Å².